The SMILES string of the molecule is CSCCC(NC(=O)Nc1c(F)cc(F)cc1Cl)C(=O)O. The van der Waals surface area contributed by atoms with Crippen LogP contribution >= 0.6 is 23.4 Å². The first kappa shape index (κ1) is 17.5. The van der Waals surface area contributed by atoms with Gasteiger partial charge in [0.2, 0.25) is 0 Å². The molecule has 0 spiro atoms. The number of rotatable bonds is 6. The molecule has 0 aliphatic rings. The van der Waals surface area contributed by atoms with Gasteiger partial charge in [0.1, 0.15) is 11.9 Å². The molecule has 1 aromatic rings. The summed E-state index contributed by atoms with van der Waals surface area (Å²) in [7, 11) is 0. The van der Waals surface area contributed by atoms with Gasteiger partial charge in [-0.1, -0.05) is 11.6 Å². The number of thioether (sulfide) groups is 1. The lowest BCUT2D eigenvalue weighted by Crippen LogP contribution is -2.43. The van der Waals surface area contributed by atoms with Crippen LogP contribution in [-0.4, -0.2) is 35.2 Å². The van der Waals surface area contributed by atoms with E-state index in [9.17, 15) is 18.4 Å². The van der Waals surface area contributed by atoms with Crippen LogP contribution in [-0.2, 0) is 4.79 Å². The van der Waals surface area contributed by atoms with Gasteiger partial charge in [0, 0.05) is 6.07 Å². The van der Waals surface area contributed by atoms with Crippen LogP contribution in [0.15, 0.2) is 12.1 Å². The summed E-state index contributed by atoms with van der Waals surface area (Å²) in [5, 5.41) is 12.9. The number of hydrogen-bond donors (Lipinski definition) is 3. The number of carboxylic acids is 1. The molecular weight excluding hydrogens is 326 g/mol. The highest BCUT2D eigenvalue weighted by Crippen LogP contribution is 2.26. The van der Waals surface area contributed by atoms with Gasteiger partial charge in [-0.25, -0.2) is 18.4 Å². The van der Waals surface area contributed by atoms with Crippen LogP contribution in [0.3, 0.4) is 0 Å². The maximum atomic E-state index is 13.5. The van der Waals surface area contributed by atoms with Crippen LogP contribution in [0.4, 0.5) is 19.3 Å². The number of benzene rings is 1. The molecule has 21 heavy (non-hydrogen) atoms. The van der Waals surface area contributed by atoms with E-state index in [0.717, 1.165) is 6.07 Å². The predicted molar refractivity (Wildman–Crippen MR) is 77.9 cm³/mol. The van der Waals surface area contributed by atoms with Gasteiger partial charge >= 0.3 is 12.0 Å². The van der Waals surface area contributed by atoms with Crippen LogP contribution in [0.2, 0.25) is 5.02 Å². The summed E-state index contributed by atoms with van der Waals surface area (Å²) in [6.07, 6.45) is 2.01. The summed E-state index contributed by atoms with van der Waals surface area (Å²) in [6, 6.07) is -0.650. The van der Waals surface area contributed by atoms with Gasteiger partial charge in [0.05, 0.1) is 10.7 Å². The zero-order valence-corrected chi connectivity index (χ0v) is 12.5. The molecule has 0 saturated heterocycles. The van der Waals surface area contributed by atoms with Gasteiger partial charge in [0.15, 0.2) is 5.82 Å². The van der Waals surface area contributed by atoms with E-state index in [1.807, 2.05) is 0 Å². The Morgan fingerprint density at radius 3 is 2.62 bits per heavy atom. The van der Waals surface area contributed by atoms with Crippen molar-refractivity contribution in [3.63, 3.8) is 0 Å². The second kappa shape index (κ2) is 8.04. The van der Waals surface area contributed by atoms with Crippen molar-refractivity contribution in [2.45, 2.75) is 12.5 Å². The smallest absolute Gasteiger partial charge is 0.326 e. The third kappa shape index (κ3) is 5.39. The van der Waals surface area contributed by atoms with Crippen molar-refractivity contribution >= 4 is 41.1 Å². The molecule has 1 unspecified atom stereocenters. The van der Waals surface area contributed by atoms with E-state index < -0.39 is 35.4 Å². The predicted octanol–water partition coefficient (Wildman–Crippen LogP) is 2.95. The fraction of sp³-hybridized carbons (Fsp3) is 0.333. The highest BCUT2D eigenvalue weighted by molar-refractivity contribution is 7.98. The number of carbonyl (C=O) groups excluding carboxylic acids is 1. The Labute approximate surface area is 129 Å². The summed E-state index contributed by atoms with van der Waals surface area (Å²) in [5.41, 5.74) is -0.412. The maximum Gasteiger partial charge on any atom is 0.326 e. The van der Waals surface area contributed by atoms with Gasteiger partial charge in [0.25, 0.3) is 0 Å². The van der Waals surface area contributed by atoms with Crippen molar-refractivity contribution in [2.75, 3.05) is 17.3 Å². The summed E-state index contributed by atoms with van der Waals surface area (Å²) in [4.78, 5) is 22.6. The highest BCUT2D eigenvalue weighted by atomic mass is 35.5. The number of hydrogen-bond acceptors (Lipinski definition) is 3. The van der Waals surface area contributed by atoms with Crippen LogP contribution in [0.5, 0.6) is 0 Å². The molecule has 5 nitrogen and oxygen atoms in total. The van der Waals surface area contributed by atoms with E-state index in [0.29, 0.717) is 11.8 Å². The first-order valence-corrected chi connectivity index (χ1v) is 7.56. The number of halogens is 3. The van der Waals surface area contributed by atoms with Gasteiger partial charge in [-0.3, -0.25) is 0 Å². The largest absolute Gasteiger partial charge is 0.480 e. The molecule has 0 fully saturated rings. The molecule has 0 aliphatic heterocycles. The van der Waals surface area contributed by atoms with E-state index in [1.165, 1.54) is 11.8 Å². The Kier molecular flexibility index (Phi) is 6.70. The van der Waals surface area contributed by atoms with Crippen LogP contribution in [0.25, 0.3) is 0 Å². The van der Waals surface area contributed by atoms with E-state index in [-0.39, 0.29) is 11.4 Å². The zero-order chi connectivity index (χ0) is 16.0. The molecule has 3 N–H and O–H groups in total. The van der Waals surface area contributed by atoms with E-state index in [2.05, 4.69) is 10.6 Å². The Bertz CT molecular complexity index is 522. The molecule has 1 atom stereocenters. The molecule has 0 aromatic heterocycles. The van der Waals surface area contributed by atoms with Crippen molar-refractivity contribution in [1.29, 1.82) is 0 Å². The lowest BCUT2D eigenvalue weighted by atomic mass is 10.2. The van der Waals surface area contributed by atoms with Crippen molar-refractivity contribution in [2.24, 2.45) is 0 Å². The van der Waals surface area contributed by atoms with Gasteiger partial charge < -0.3 is 15.7 Å². The number of anilines is 1. The Balaban J connectivity index is 2.74. The minimum Gasteiger partial charge on any atom is -0.480 e. The number of nitrogens with one attached hydrogen (secondary N) is 2. The van der Waals surface area contributed by atoms with Crippen LogP contribution in [0, 0.1) is 11.6 Å². The zero-order valence-electron chi connectivity index (χ0n) is 11.0. The van der Waals surface area contributed by atoms with Crippen molar-refractivity contribution in [1.82, 2.24) is 5.32 Å². The van der Waals surface area contributed by atoms with E-state index in [4.69, 9.17) is 16.7 Å². The average Bonchev–Trinajstić information content (AvgIpc) is 2.38. The number of carboxylic acid groups (broad SMARTS) is 1. The lowest BCUT2D eigenvalue weighted by molar-refractivity contribution is -0.139. The monoisotopic (exact) mass is 338 g/mol. The summed E-state index contributed by atoms with van der Waals surface area (Å²) >= 11 is 7.05. The standard InChI is InChI=1S/C12H13ClF2N2O3S/c1-21-3-2-9(11(18)19)16-12(20)17-10-7(13)4-6(14)5-8(10)15/h4-5,9H,2-3H2,1H3,(H,18,19)(H2,16,17,20). The third-order valence-corrected chi connectivity index (χ3v) is 3.40. The molecule has 2 amide bonds. The number of aliphatic carboxylic acids is 1. The van der Waals surface area contributed by atoms with E-state index in [1.54, 1.807) is 6.26 Å². The fourth-order valence-corrected chi connectivity index (χ4v) is 2.18. The Hall–Kier alpha value is -1.54. The normalized spacial score (nSPS) is 11.8. The summed E-state index contributed by atoms with van der Waals surface area (Å²) < 4.78 is 26.4. The topological polar surface area (TPSA) is 78.4 Å². The second-order valence-corrected chi connectivity index (χ2v) is 5.41. The number of amides is 2. The minimum absolute atomic E-state index is 0.212. The van der Waals surface area contributed by atoms with Crippen molar-refractivity contribution < 1.29 is 23.5 Å². The van der Waals surface area contributed by atoms with Crippen LogP contribution in [0.1, 0.15) is 6.42 Å². The van der Waals surface area contributed by atoms with Gasteiger partial charge in [-0.05, 0) is 24.5 Å². The highest BCUT2D eigenvalue weighted by Gasteiger charge is 2.21. The molecule has 0 aliphatic carbocycles. The quantitative estimate of drug-likeness (QED) is 0.745. The van der Waals surface area contributed by atoms with Crippen molar-refractivity contribution in [3.05, 3.63) is 28.8 Å². The molecule has 1 rings (SSSR count). The van der Waals surface area contributed by atoms with Gasteiger partial charge in [-0.2, -0.15) is 11.8 Å². The third-order valence-electron chi connectivity index (χ3n) is 2.46. The molecule has 1 aromatic carbocycles. The Morgan fingerprint density at radius 1 is 1.43 bits per heavy atom. The first-order valence-electron chi connectivity index (χ1n) is 5.79. The average molecular weight is 339 g/mol. The minimum atomic E-state index is -1.20. The molecule has 116 valence electrons. The lowest BCUT2D eigenvalue weighted by Gasteiger charge is -2.15. The second-order valence-electron chi connectivity index (χ2n) is 4.02. The summed E-state index contributed by atoms with van der Waals surface area (Å²) in [5.74, 6) is -2.61. The van der Waals surface area contributed by atoms with Gasteiger partial charge in [-0.15, -0.1) is 0 Å². The van der Waals surface area contributed by atoms with Crippen LogP contribution < -0.4 is 10.6 Å². The molecular formula is C12H13ClF2N2O3S. The molecule has 0 radical (unpaired) electrons. The fourth-order valence-electron chi connectivity index (χ4n) is 1.46. The van der Waals surface area contributed by atoms with Crippen molar-refractivity contribution in [3.8, 4) is 0 Å². The first-order chi connectivity index (χ1) is 9.85. The molecule has 0 saturated carbocycles. The molecule has 0 bridgehead atoms. The Morgan fingerprint density at radius 2 is 2.10 bits per heavy atom. The number of urea groups is 1. The molecule has 0 heterocycles. The molecule has 9 heteroatoms. The van der Waals surface area contributed by atoms with E-state index >= 15 is 0 Å². The maximum absolute atomic E-state index is 13.5. The number of carbonyl (C=O) groups is 2. The summed E-state index contributed by atoms with van der Waals surface area (Å²) in [6.45, 7) is 0.